The molecule has 0 saturated heterocycles. The van der Waals surface area contributed by atoms with Crippen LogP contribution in [-0.2, 0) is 13.6 Å². The molecule has 3 aromatic heterocycles. The number of carbonyl (C=O) groups excluding carboxylic acids is 1. The lowest BCUT2D eigenvalue weighted by molar-refractivity contribution is 0.0947. The van der Waals surface area contributed by atoms with E-state index in [0.717, 1.165) is 16.8 Å². The van der Waals surface area contributed by atoms with E-state index in [1.165, 1.54) is 11.8 Å². The van der Waals surface area contributed by atoms with Crippen LogP contribution in [0.1, 0.15) is 15.9 Å². The van der Waals surface area contributed by atoms with Crippen molar-refractivity contribution in [2.45, 2.75) is 11.6 Å². The van der Waals surface area contributed by atoms with Gasteiger partial charge < -0.3 is 5.32 Å². The minimum Gasteiger partial charge on any atom is -0.348 e. The molecule has 24 heavy (non-hydrogen) atoms. The first-order chi connectivity index (χ1) is 11.7. The van der Waals surface area contributed by atoms with Gasteiger partial charge in [-0.1, -0.05) is 6.07 Å². The SMILES string of the molecule is CSc1ncccc1C(=O)NCc1cccnc1-c1cnn(C)c1. The number of hydrogen-bond donors (Lipinski definition) is 1. The minimum absolute atomic E-state index is 0.145. The third-order valence-electron chi connectivity index (χ3n) is 3.52. The average molecular weight is 339 g/mol. The third-order valence-corrected chi connectivity index (χ3v) is 4.23. The molecule has 0 spiro atoms. The number of rotatable bonds is 5. The van der Waals surface area contributed by atoms with Gasteiger partial charge in [-0.05, 0) is 30.0 Å². The number of pyridine rings is 2. The molecule has 0 radical (unpaired) electrons. The Labute approximate surface area is 144 Å². The van der Waals surface area contributed by atoms with Gasteiger partial charge in [-0.3, -0.25) is 14.5 Å². The Kier molecular flexibility index (Phi) is 4.90. The number of aromatic nitrogens is 4. The van der Waals surface area contributed by atoms with Crippen LogP contribution in [0.3, 0.4) is 0 Å². The monoisotopic (exact) mass is 339 g/mol. The largest absolute Gasteiger partial charge is 0.348 e. The zero-order chi connectivity index (χ0) is 16.9. The van der Waals surface area contributed by atoms with E-state index >= 15 is 0 Å². The molecule has 1 amide bonds. The fourth-order valence-corrected chi connectivity index (χ4v) is 2.93. The van der Waals surface area contributed by atoms with Crippen LogP contribution in [0.25, 0.3) is 11.3 Å². The highest BCUT2D eigenvalue weighted by Crippen LogP contribution is 2.21. The molecule has 0 bridgehead atoms. The molecule has 0 fully saturated rings. The fourth-order valence-electron chi connectivity index (χ4n) is 2.38. The van der Waals surface area contributed by atoms with Gasteiger partial charge in [-0.25, -0.2) is 4.98 Å². The maximum absolute atomic E-state index is 12.4. The number of carbonyl (C=O) groups is 1. The lowest BCUT2D eigenvalue weighted by Crippen LogP contribution is -2.24. The second-order valence-electron chi connectivity index (χ2n) is 5.16. The van der Waals surface area contributed by atoms with Gasteiger partial charge in [0.25, 0.3) is 5.91 Å². The van der Waals surface area contributed by atoms with E-state index in [1.54, 1.807) is 35.4 Å². The number of nitrogens with zero attached hydrogens (tertiary/aromatic N) is 4. The molecule has 122 valence electrons. The Hall–Kier alpha value is -2.67. The summed E-state index contributed by atoms with van der Waals surface area (Å²) >= 11 is 1.45. The van der Waals surface area contributed by atoms with Gasteiger partial charge in [0, 0.05) is 37.7 Å². The quantitative estimate of drug-likeness (QED) is 0.723. The van der Waals surface area contributed by atoms with Crippen molar-refractivity contribution in [1.82, 2.24) is 25.1 Å². The van der Waals surface area contributed by atoms with Crippen molar-refractivity contribution >= 4 is 17.7 Å². The Morgan fingerprint density at radius 1 is 1.25 bits per heavy atom. The molecule has 0 unspecified atom stereocenters. The summed E-state index contributed by atoms with van der Waals surface area (Å²) in [6.45, 7) is 0.389. The molecular weight excluding hydrogens is 322 g/mol. The summed E-state index contributed by atoms with van der Waals surface area (Å²) in [5, 5.41) is 7.84. The van der Waals surface area contributed by atoms with Crippen molar-refractivity contribution in [1.29, 1.82) is 0 Å². The molecule has 0 aliphatic carbocycles. The summed E-state index contributed by atoms with van der Waals surface area (Å²) in [6, 6.07) is 7.35. The second-order valence-corrected chi connectivity index (χ2v) is 5.95. The molecule has 3 heterocycles. The van der Waals surface area contributed by atoms with Crippen molar-refractivity contribution in [3.8, 4) is 11.3 Å². The zero-order valence-corrected chi connectivity index (χ0v) is 14.2. The Morgan fingerprint density at radius 3 is 2.79 bits per heavy atom. The maximum atomic E-state index is 12.4. The van der Waals surface area contributed by atoms with Crippen molar-refractivity contribution < 1.29 is 4.79 Å². The lowest BCUT2D eigenvalue weighted by atomic mass is 10.1. The van der Waals surface area contributed by atoms with E-state index in [2.05, 4.69) is 20.4 Å². The van der Waals surface area contributed by atoms with Crippen molar-refractivity contribution in [3.63, 3.8) is 0 Å². The highest BCUT2D eigenvalue weighted by molar-refractivity contribution is 7.98. The highest BCUT2D eigenvalue weighted by atomic mass is 32.2. The van der Waals surface area contributed by atoms with Gasteiger partial charge >= 0.3 is 0 Å². The van der Waals surface area contributed by atoms with E-state index in [1.807, 2.05) is 31.6 Å². The molecule has 3 rings (SSSR count). The predicted octanol–water partition coefficient (Wildman–Crippen LogP) is 2.53. The topological polar surface area (TPSA) is 72.7 Å². The highest BCUT2D eigenvalue weighted by Gasteiger charge is 2.13. The Balaban J connectivity index is 1.79. The van der Waals surface area contributed by atoms with E-state index < -0.39 is 0 Å². The van der Waals surface area contributed by atoms with E-state index in [4.69, 9.17) is 0 Å². The summed E-state index contributed by atoms with van der Waals surface area (Å²) in [7, 11) is 1.86. The first kappa shape index (κ1) is 16.2. The molecule has 1 N–H and O–H groups in total. The standard InChI is InChI=1S/C17H17N5OS/c1-22-11-13(10-21-22)15-12(5-3-7-18-15)9-20-16(23)14-6-4-8-19-17(14)24-2/h3-8,10-11H,9H2,1-2H3,(H,20,23). The van der Waals surface area contributed by atoms with Crippen LogP contribution in [0.4, 0.5) is 0 Å². The molecule has 0 aliphatic rings. The molecule has 3 aromatic rings. The smallest absolute Gasteiger partial charge is 0.254 e. The molecular formula is C17H17N5OS. The summed E-state index contributed by atoms with van der Waals surface area (Å²) in [6.07, 6.45) is 8.99. The van der Waals surface area contributed by atoms with Gasteiger partial charge in [-0.15, -0.1) is 11.8 Å². The van der Waals surface area contributed by atoms with Gasteiger partial charge in [0.1, 0.15) is 5.03 Å². The summed E-state index contributed by atoms with van der Waals surface area (Å²) in [5.74, 6) is -0.145. The molecule has 0 aliphatic heterocycles. The van der Waals surface area contributed by atoms with Crippen LogP contribution in [-0.4, -0.2) is 31.9 Å². The second kappa shape index (κ2) is 7.27. The van der Waals surface area contributed by atoms with Gasteiger partial charge in [0.05, 0.1) is 17.5 Å². The Morgan fingerprint density at radius 2 is 2.04 bits per heavy atom. The summed E-state index contributed by atoms with van der Waals surface area (Å²) < 4.78 is 1.73. The lowest BCUT2D eigenvalue weighted by Gasteiger charge is -2.10. The first-order valence-corrected chi connectivity index (χ1v) is 8.61. The van der Waals surface area contributed by atoms with Gasteiger partial charge in [0.2, 0.25) is 0 Å². The third kappa shape index (κ3) is 3.46. The number of aryl methyl sites for hydroxylation is 1. The fraction of sp³-hybridized carbons (Fsp3) is 0.176. The van der Waals surface area contributed by atoms with E-state index in [-0.39, 0.29) is 5.91 Å². The van der Waals surface area contributed by atoms with Crippen LogP contribution in [0.2, 0.25) is 0 Å². The number of thioether (sulfide) groups is 1. The van der Waals surface area contributed by atoms with Gasteiger partial charge in [-0.2, -0.15) is 5.10 Å². The van der Waals surface area contributed by atoms with Crippen LogP contribution >= 0.6 is 11.8 Å². The van der Waals surface area contributed by atoms with E-state index in [9.17, 15) is 4.79 Å². The average Bonchev–Trinajstić information content (AvgIpc) is 3.06. The summed E-state index contributed by atoms with van der Waals surface area (Å²) in [5.41, 5.74) is 3.26. The van der Waals surface area contributed by atoms with Crippen LogP contribution in [0.5, 0.6) is 0 Å². The predicted molar refractivity (Wildman–Crippen MR) is 93.6 cm³/mol. The first-order valence-electron chi connectivity index (χ1n) is 7.39. The minimum atomic E-state index is -0.145. The molecule has 0 saturated carbocycles. The Bertz CT molecular complexity index is 861. The van der Waals surface area contributed by atoms with Crippen LogP contribution < -0.4 is 5.32 Å². The summed E-state index contributed by atoms with van der Waals surface area (Å²) in [4.78, 5) is 21.1. The molecule has 0 aromatic carbocycles. The van der Waals surface area contributed by atoms with Crippen molar-refractivity contribution in [3.05, 3.63) is 60.2 Å². The van der Waals surface area contributed by atoms with Crippen LogP contribution in [0.15, 0.2) is 54.1 Å². The zero-order valence-electron chi connectivity index (χ0n) is 13.4. The van der Waals surface area contributed by atoms with Gasteiger partial charge in [0.15, 0.2) is 0 Å². The van der Waals surface area contributed by atoms with E-state index in [0.29, 0.717) is 17.1 Å². The number of hydrogen-bond acceptors (Lipinski definition) is 5. The number of nitrogens with one attached hydrogen (secondary N) is 1. The molecule has 7 heteroatoms. The normalized spacial score (nSPS) is 10.6. The number of amides is 1. The van der Waals surface area contributed by atoms with Crippen LogP contribution in [0, 0.1) is 0 Å². The van der Waals surface area contributed by atoms with Crippen molar-refractivity contribution in [2.75, 3.05) is 6.26 Å². The molecule has 0 atom stereocenters. The maximum Gasteiger partial charge on any atom is 0.254 e. The molecule has 6 nitrogen and oxygen atoms in total. The van der Waals surface area contributed by atoms with Crippen molar-refractivity contribution in [2.24, 2.45) is 7.05 Å².